The molecule has 0 bridgehead atoms. The van der Waals surface area contributed by atoms with Crippen molar-refractivity contribution >= 4 is 5.78 Å². The van der Waals surface area contributed by atoms with E-state index in [2.05, 4.69) is 20.8 Å². The lowest BCUT2D eigenvalue weighted by molar-refractivity contribution is 0.0855. The molecule has 0 heterocycles. The summed E-state index contributed by atoms with van der Waals surface area (Å²) in [6.07, 6.45) is 3.30. The highest BCUT2D eigenvalue weighted by Crippen LogP contribution is 2.35. The Kier molecular flexibility index (Phi) is 3.47. The zero-order chi connectivity index (χ0) is 13.3. The van der Waals surface area contributed by atoms with Crippen molar-refractivity contribution in [3.05, 3.63) is 29.3 Å². The van der Waals surface area contributed by atoms with Crippen LogP contribution in [0.4, 0.5) is 0 Å². The van der Waals surface area contributed by atoms with Crippen molar-refractivity contribution in [3.63, 3.8) is 0 Å². The zero-order valence-corrected chi connectivity index (χ0v) is 11.7. The van der Waals surface area contributed by atoms with Gasteiger partial charge in [0.1, 0.15) is 5.75 Å². The number of benzene rings is 1. The van der Waals surface area contributed by atoms with E-state index in [1.165, 1.54) is 6.42 Å². The minimum atomic E-state index is -0.0127. The molecule has 1 aromatic carbocycles. The molecule has 18 heavy (non-hydrogen) atoms. The number of methoxy groups -OCH3 is 1. The molecule has 1 aromatic rings. The molecule has 0 saturated heterocycles. The van der Waals surface area contributed by atoms with Crippen molar-refractivity contribution in [2.45, 2.75) is 45.4 Å². The van der Waals surface area contributed by atoms with Gasteiger partial charge in [0.2, 0.25) is 0 Å². The predicted octanol–water partition coefficient (Wildman–Crippen LogP) is 3.98. The van der Waals surface area contributed by atoms with Gasteiger partial charge in [-0.15, -0.1) is 0 Å². The third-order valence-corrected chi connectivity index (χ3v) is 3.77. The SMILES string of the molecule is COc1ccc(C(=O)C2CCC2)cc1C(C)(C)C. The Morgan fingerprint density at radius 3 is 2.39 bits per heavy atom. The summed E-state index contributed by atoms with van der Waals surface area (Å²) in [4.78, 5) is 12.3. The lowest BCUT2D eigenvalue weighted by Gasteiger charge is -2.26. The van der Waals surface area contributed by atoms with Crippen molar-refractivity contribution in [2.75, 3.05) is 7.11 Å². The van der Waals surface area contributed by atoms with E-state index >= 15 is 0 Å². The topological polar surface area (TPSA) is 26.3 Å². The molecule has 0 atom stereocenters. The molecule has 0 N–H and O–H groups in total. The van der Waals surface area contributed by atoms with Gasteiger partial charge in [-0.3, -0.25) is 4.79 Å². The quantitative estimate of drug-likeness (QED) is 0.754. The summed E-state index contributed by atoms with van der Waals surface area (Å²) in [5.41, 5.74) is 1.93. The van der Waals surface area contributed by atoms with Gasteiger partial charge >= 0.3 is 0 Å². The Labute approximate surface area is 109 Å². The maximum Gasteiger partial charge on any atom is 0.165 e. The molecule has 2 heteroatoms. The monoisotopic (exact) mass is 246 g/mol. The molecule has 2 rings (SSSR count). The fourth-order valence-corrected chi connectivity index (χ4v) is 2.35. The molecular weight excluding hydrogens is 224 g/mol. The highest BCUT2D eigenvalue weighted by atomic mass is 16.5. The van der Waals surface area contributed by atoms with Crippen LogP contribution in [0, 0.1) is 5.92 Å². The Balaban J connectivity index is 2.36. The summed E-state index contributed by atoms with van der Waals surface area (Å²) in [7, 11) is 1.68. The molecule has 0 unspecified atom stereocenters. The third kappa shape index (κ3) is 2.43. The largest absolute Gasteiger partial charge is 0.496 e. The summed E-state index contributed by atoms with van der Waals surface area (Å²) in [6.45, 7) is 6.42. The highest BCUT2D eigenvalue weighted by molar-refractivity contribution is 5.98. The average molecular weight is 246 g/mol. The van der Waals surface area contributed by atoms with Gasteiger partial charge in [0.05, 0.1) is 7.11 Å². The molecule has 1 aliphatic carbocycles. The van der Waals surface area contributed by atoms with Crippen LogP contribution in [0.25, 0.3) is 0 Å². The van der Waals surface area contributed by atoms with Crippen LogP contribution in [0.5, 0.6) is 5.75 Å². The number of ether oxygens (including phenoxy) is 1. The molecule has 1 aliphatic rings. The second-order valence-electron chi connectivity index (χ2n) is 6.16. The molecule has 0 aliphatic heterocycles. The van der Waals surface area contributed by atoms with Crippen molar-refractivity contribution in [3.8, 4) is 5.75 Å². The first-order valence-corrected chi connectivity index (χ1v) is 6.66. The number of carbonyl (C=O) groups excluding carboxylic acids is 1. The van der Waals surface area contributed by atoms with Gasteiger partial charge in [-0.05, 0) is 36.5 Å². The van der Waals surface area contributed by atoms with Gasteiger partial charge in [0, 0.05) is 17.0 Å². The van der Waals surface area contributed by atoms with E-state index in [9.17, 15) is 4.79 Å². The number of Topliss-reactive ketones (excluding diaryl/α,β-unsaturated/α-hetero) is 1. The zero-order valence-electron chi connectivity index (χ0n) is 11.7. The Hall–Kier alpha value is -1.31. The Bertz CT molecular complexity index is 451. The first-order chi connectivity index (χ1) is 8.43. The van der Waals surface area contributed by atoms with Gasteiger partial charge in [-0.1, -0.05) is 27.2 Å². The van der Waals surface area contributed by atoms with Crippen molar-refractivity contribution < 1.29 is 9.53 Å². The van der Waals surface area contributed by atoms with E-state index in [0.29, 0.717) is 5.78 Å². The van der Waals surface area contributed by atoms with Crippen LogP contribution >= 0.6 is 0 Å². The van der Waals surface area contributed by atoms with Gasteiger partial charge in [-0.2, -0.15) is 0 Å². The summed E-state index contributed by atoms with van der Waals surface area (Å²) < 4.78 is 5.40. The molecule has 0 spiro atoms. The van der Waals surface area contributed by atoms with E-state index in [1.54, 1.807) is 7.11 Å². The van der Waals surface area contributed by atoms with Gasteiger partial charge in [0.25, 0.3) is 0 Å². The molecular formula is C16H22O2. The fraction of sp³-hybridized carbons (Fsp3) is 0.562. The normalized spacial score (nSPS) is 16.2. The van der Waals surface area contributed by atoms with Crippen LogP contribution in [0.2, 0.25) is 0 Å². The molecule has 1 fully saturated rings. The fourth-order valence-electron chi connectivity index (χ4n) is 2.35. The minimum absolute atomic E-state index is 0.0127. The number of hydrogen-bond acceptors (Lipinski definition) is 2. The van der Waals surface area contributed by atoms with Crippen LogP contribution in [-0.4, -0.2) is 12.9 Å². The molecule has 1 saturated carbocycles. The van der Waals surface area contributed by atoms with Crippen molar-refractivity contribution in [2.24, 2.45) is 5.92 Å². The molecule has 2 nitrogen and oxygen atoms in total. The van der Waals surface area contributed by atoms with Gasteiger partial charge < -0.3 is 4.74 Å². The average Bonchev–Trinajstić information content (AvgIpc) is 2.24. The summed E-state index contributed by atoms with van der Waals surface area (Å²) in [6, 6.07) is 5.83. The van der Waals surface area contributed by atoms with Gasteiger partial charge in [0.15, 0.2) is 5.78 Å². The number of rotatable bonds is 3. The van der Waals surface area contributed by atoms with Crippen LogP contribution in [0.3, 0.4) is 0 Å². The Morgan fingerprint density at radius 2 is 1.94 bits per heavy atom. The van der Waals surface area contributed by atoms with Crippen molar-refractivity contribution in [1.29, 1.82) is 0 Å². The molecule has 0 radical (unpaired) electrons. The third-order valence-electron chi connectivity index (χ3n) is 3.77. The van der Waals surface area contributed by atoms with E-state index in [1.807, 2.05) is 18.2 Å². The smallest absolute Gasteiger partial charge is 0.165 e. The number of hydrogen-bond donors (Lipinski definition) is 0. The van der Waals surface area contributed by atoms with Gasteiger partial charge in [-0.25, -0.2) is 0 Å². The molecule has 0 amide bonds. The van der Waals surface area contributed by atoms with E-state index < -0.39 is 0 Å². The number of ketones is 1. The van der Waals surface area contributed by atoms with Crippen LogP contribution in [0.15, 0.2) is 18.2 Å². The number of carbonyl (C=O) groups is 1. The standard InChI is InChI=1S/C16H22O2/c1-16(2,3)13-10-12(8-9-14(13)18-4)15(17)11-6-5-7-11/h8-11H,5-7H2,1-4H3. The highest BCUT2D eigenvalue weighted by Gasteiger charge is 2.28. The second kappa shape index (κ2) is 4.75. The molecule has 98 valence electrons. The summed E-state index contributed by atoms with van der Waals surface area (Å²) >= 11 is 0. The minimum Gasteiger partial charge on any atom is -0.496 e. The molecule has 0 aromatic heterocycles. The first-order valence-electron chi connectivity index (χ1n) is 6.66. The van der Waals surface area contributed by atoms with E-state index in [-0.39, 0.29) is 11.3 Å². The lowest BCUT2D eigenvalue weighted by Crippen LogP contribution is -2.23. The van der Waals surface area contributed by atoms with E-state index in [0.717, 1.165) is 29.7 Å². The lowest BCUT2D eigenvalue weighted by atomic mass is 9.78. The maximum atomic E-state index is 12.3. The second-order valence-corrected chi connectivity index (χ2v) is 6.16. The Morgan fingerprint density at radius 1 is 1.28 bits per heavy atom. The van der Waals surface area contributed by atoms with Crippen LogP contribution in [0.1, 0.15) is 56.0 Å². The van der Waals surface area contributed by atoms with Crippen LogP contribution < -0.4 is 4.74 Å². The van der Waals surface area contributed by atoms with Crippen molar-refractivity contribution in [1.82, 2.24) is 0 Å². The maximum absolute atomic E-state index is 12.3. The van der Waals surface area contributed by atoms with Crippen LogP contribution in [-0.2, 0) is 5.41 Å². The summed E-state index contributed by atoms with van der Waals surface area (Å²) in [5.74, 6) is 1.42. The van der Waals surface area contributed by atoms with E-state index in [4.69, 9.17) is 4.74 Å². The predicted molar refractivity (Wildman–Crippen MR) is 73.4 cm³/mol. The first kappa shape index (κ1) is 13.1. The summed E-state index contributed by atoms with van der Waals surface area (Å²) in [5, 5.41) is 0.